The molecule has 0 amide bonds. The Bertz CT molecular complexity index is 781. The van der Waals surface area contributed by atoms with Crippen LogP contribution in [0.2, 0.25) is 0 Å². The van der Waals surface area contributed by atoms with Crippen LogP contribution in [0.15, 0.2) is 40.9 Å². The summed E-state index contributed by atoms with van der Waals surface area (Å²) >= 11 is 3.34. The highest BCUT2D eigenvalue weighted by Crippen LogP contribution is 2.28. The Hall–Kier alpha value is -2.48. The predicted molar refractivity (Wildman–Crippen MR) is 87.7 cm³/mol. The molecule has 2 rings (SSSR count). The number of ether oxygens (including phenoxy) is 2. The maximum absolute atomic E-state index is 13.2. The summed E-state index contributed by atoms with van der Waals surface area (Å²) in [7, 11) is 1.54. The van der Waals surface area contributed by atoms with E-state index >= 15 is 0 Å². The van der Waals surface area contributed by atoms with E-state index in [-0.39, 0.29) is 6.42 Å². The van der Waals surface area contributed by atoms with Gasteiger partial charge in [0.05, 0.1) is 16.5 Å². The van der Waals surface area contributed by atoms with Crippen molar-refractivity contribution in [3.63, 3.8) is 0 Å². The van der Waals surface area contributed by atoms with Crippen molar-refractivity contribution >= 4 is 27.6 Å². The number of benzene rings is 2. The van der Waals surface area contributed by atoms with Crippen LogP contribution in [-0.4, -0.2) is 18.0 Å². The molecule has 24 heavy (non-hydrogen) atoms. The number of hydrogen-bond donors (Lipinski definition) is 0. The Balaban J connectivity index is 2.03. The summed E-state index contributed by atoms with van der Waals surface area (Å²) in [6, 6.07) is 8.06. The fraction of sp³-hybridized carbons (Fsp3) is 0.188. The van der Waals surface area contributed by atoms with Crippen LogP contribution in [0.1, 0.15) is 12.0 Å². The number of nitro groups is 1. The minimum atomic E-state index is -0.733. The van der Waals surface area contributed by atoms with Gasteiger partial charge in [-0.25, -0.2) is 4.39 Å². The molecule has 0 aromatic heterocycles. The second-order valence-corrected chi connectivity index (χ2v) is 5.67. The maximum Gasteiger partial charge on any atom is 0.311 e. The van der Waals surface area contributed by atoms with Crippen molar-refractivity contribution < 1.29 is 23.6 Å². The molecule has 8 heteroatoms. The van der Waals surface area contributed by atoms with E-state index < -0.39 is 28.1 Å². The largest absolute Gasteiger partial charge is 0.496 e. The summed E-state index contributed by atoms with van der Waals surface area (Å²) in [6.45, 7) is 0. The van der Waals surface area contributed by atoms with Gasteiger partial charge in [-0.2, -0.15) is 0 Å². The van der Waals surface area contributed by atoms with Crippen LogP contribution in [0.25, 0.3) is 0 Å². The minimum Gasteiger partial charge on any atom is -0.496 e. The number of carbonyl (C=O) groups is 1. The van der Waals surface area contributed by atoms with E-state index in [9.17, 15) is 19.3 Å². The molecular formula is C16H13BrFNO5. The minimum absolute atomic E-state index is 0.00750. The third-order valence-corrected chi connectivity index (χ3v) is 3.80. The third kappa shape index (κ3) is 4.51. The average Bonchev–Trinajstić information content (AvgIpc) is 2.53. The third-order valence-electron chi connectivity index (χ3n) is 3.18. The molecule has 126 valence electrons. The van der Waals surface area contributed by atoms with Crippen molar-refractivity contribution in [2.75, 3.05) is 7.11 Å². The zero-order valence-electron chi connectivity index (χ0n) is 12.6. The Kier molecular flexibility index (Phi) is 5.86. The van der Waals surface area contributed by atoms with Crippen LogP contribution in [-0.2, 0) is 11.2 Å². The van der Waals surface area contributed by atoms with E-state index in [0.717, 1.165) is 28.2 Å². The zero-order chi connectivity index (χ0) is 17.7. The molecule has 0 aliphatic rings. The van der Waals surface area contributed by atoms with Gasteiger partial charge in [-0.1, -0.05) is 6.07 Å². The Labute approximate surface area is 145 Å². The Morgan fingerprint density at radius 3 is 2.62 bits per heavy atom. The van der Waals surface area contributed by atoms with Crippen molar-refractivity contribution in [3.05, 3.63) is 62.4 Å². The predicted octanol–water partition coefficient (Wildman–Crippen LogP) is 4.04. The highest BCUT2D eigenvalue weighted by Gasteiger charge is 2.19. The van der Waals surface area contributed by atoms with Gasteiger partial charge in [-0.3, -0.25) is 14.9 Å². The van der Waals surface area contributed by atoms with Gasteiger partial charge in [0.2, 0.25) is 5.75 Å². The van der Waals surface area contributed by atoms with Crippen LogP contribution < -0.4 is 9.47 Å². The number of aryl methyl sites for hydroxylation is 1. The number of esters is 1. The van der Waals surface area contributed by atoms with E-state index in [1.54, 1.807) is 25.3 Å². The summed E-state index contributed by atoms with van der Waals surface area (Å²) in [6.07, 6.45) is 0.358. The van der Waals surface area contributed by atoms with Crippen LogP contribution >= 0.6 is 15.9 Å². The van der Waals surface area contributed by atoms with Gasteiger partial charge >= 0.3 is 11.7 Å². The van der Waals surface area contributed by atoms with Gasteiger partial charge < -0.3 is 9.47 Å². The smallest absolute Gasteiger partial charge is 0.311 e. The van der Waals surface area contributed by atoms with Crippen LogP contribution in [0.5, 0.6) is 11.5 Å². The van der Waals surface area contributed by atoms with E-state index in [1.807, 2.05) is 0 Å². The summed E-state index contributed by atoms with van der Waals surface area (Å²) in [5, 5.41) is 10.9. The fourth-order valence-corrected chi connectivity index (χ4v) is 2.59. The molecule has 0 radical (unpaired) electrons. The van der Waals surface area contributed by atoms with Gasteiger partial charge in [0.15, 0.2) is 0 Å². The van der Waals surface area contributed by atoms with Crippen LogP contribution in [0, 0.1) is 15.9 Å². The topological polar surface area (TPSA) is 78.7 Å². The number of hydrogen-bond acceptors (Lipinski definition) is 5. The van der Waals surface area contributed by atoms with Gasteiger partial charge in [-0.15, -0.1) is 0 Å². The molecule has 0 saturated carbocycles. The van der Waals surface area contributed by atoms with Crippen molar-refractivity contribution in [2.45, 2.75) is 12.8 Å². The molecular weight excluding hydrogens is 385 g/mol. The van der Waals surface area contributed by atoms with Gasteiger partial charge in [0, 0.05) is 18.6 Å². The van der Waals surface area contributed by atoms with Gasteiger partial charge in [0.25, 0.3) is 0 Å². The molecule has 0 aliphatic heterocycles. The van der Waals surface area contributed by atoms with Crippen molar-refractivity contribution in [2.24, 2.45) is 0 Å². The standard InChI is InChI=1S/C16H13BrFNO5/c1-23-14-6-2-10(8-12(14)17)3-7-16(20)24-15-9-11(18)4-5-13(15)19(21)22/h2,4-6,8-9H,3,7H2,1H3. The Morgan fingerprint density at radius 2 is 2.00 bits per heavy atom. The first-order valence-electron chi connectivity index (χ1n) is 6.87. The lowest BCUT2D eigenvalue weighted by molar-refractivity contribution is -0.385. The second-order valence-electron chi connectivity index (χ2n) is 4.81. The van der Waals surface area contributed by atoms with E-state index in [0.29, 0.717) is 12.2 Å². The molecule has 0 saturated heterocycles. The maximum atomic E-state index is 13.2. The number of methoxy groups -OCH3 is 1. The lowest BCUT2D eigenvalue weighted by atomic mass is 10.1. The van der Waals surface area contributed by atoms with E-state index in [4.69, 9.17) is 9.47 Å². The SMILES string of the molecule is COc1ccc(CCC(=O)Oc2cc(F)ccc2[N+](=O)[O-])cc1Br. The molecule has 0 bridgehead atoms. The highest BCUT2D eigenvalue weighted by molar-refractivity contribution is 9.10. The van der Waals surface area contributed by atoms with Crippen LogP contribution in [0.4, 0.5) is 10.1 Å². The summed E-state index contributed by atoms with van der Waals surface area (Å²) < 4.78 is 24.0. The molecule has 0 aliphatic carbocycles. The zero-order valence-corrected chi connectivity index (χ0v) is 14.2. The quantitative estimate of drug-likeness (QED) is 0.318. The summed E-state index contributed by atoms with van der Waals surface area (Å²) in [5.74, 6) is -1.14. The number of rotatable bonds is 6. The van der Waals surface area contributed by atoms with Gasteiger partial charge in [-0.05, 0) is 46.1 Å². The van der Waals surface area contributed by atoms with Crippen molar-refractivity contribution in [1.29, 1.82) is 0 Å². The number of halogens is 2. The lowest BCUT2D eigenvalue weighted by Crippen LogP contribution is -2.10. The molecule has 2 aromatic carbocycles. The molecule has 0 fully saturated rings. The molecule has 0 atom stereocenters. The summed E-state index contributed by atoms with van der Waals surface area (Å²) in [5.41, 5.74) is 0.394. The number of nitro benzene ring substituents is 1. The highest BCUT2D eigenvalue weighted by atomic mass is 79.9. The fourth-order valence-electron chi connectivity index (χ4n) is 2.01. The molecule has 6 nitrogen and oxygen atoms in total. The van der Waals surface area contributed by atoms with Crippen molar-refractivity contribution in [1.82, 2.24) is 0 Å². The molecule has 0 heterocycles. The molecule has 0 N–H and O–H groups in total. The summed E-state index contributed by atoms with van der Waals surface area (Å²) in [4.78, 5) is 22.0. The Morgan fingerprint density at radius 1 is 1.25 bits per heavy atom. The number of carbonyl (C=O) groups excluding carboxylic acids is 1. The van der Waals surface area contributed by atoms with E-state index in [1.165, 1.54) is 0 Å². The normalized spacial score (nSPS) is 10.3. The lowest BCUT2D eigenvalue weighted by Gasteiger charge is -2.07. The number of nitrogens with zero attached hydrogens (tertiary/aromatic N) is 1. The monoisotopic (exact) mass is 397 g/mol. The first-order chi connectivity index (χ1) is 11.4. The van der Waals surface area contributed by atoms with E-state index in [2.05, 4.69) is 15.9 Å². The van der Waals surface area contributed by atoms with Gasteiger partial charge in [0.1, 0.15) is 11.6 Å². The molecule has 0 spiro atoms. The molecule has 2 aromatic rings. The first-order valence-corrected chi connectivity index (χ1v) is 7.67. The molecule has 0 unspecified atom stereocenters. The van der Waals surface area contributed by atoms with Crippen molar-refractivity contribution in [3.8, 4) is 11.5 Å². The second kappa shape index (κ2) is 7.87. The first kappa shape index (κ1) is 17.9. The average molecular weight is 398 g/mol. The van der Waals surface area contributed by atoms with Crippen LogP contribution in [0.3, 0.4) is 0 Å².